The maximum absolute atomic E-state index is 12.7. The Morgan fingerprint density at radius 3 is 2.53 bits per heavy atom. The monoisotopic (exact) mass is 409 g/mol. The number of esters is 1. The first-order valence-electron chi connectivity index (χ1n) is 10.4. The van der Waals surface area contributed by atoms with E-state index in [-0.39, 0.29) is 17.8 Å². The summed E-state index contributed by atoms with van der Waals surface area (Å²) in [6.07, 6.45) is 3.05. The molecule has 30 heavy (non-hydrogen) atoms. The molecule has 1 aliphatic rings. The van der Waals surface area contributed by atoms with Crippen molar-refractivity contribution in [1.82, 2.24) is 15.3 Å². The largest absolute Gasteiger partial charge is 0.469 e. The fourth-order valence-electron chi connectivity index (χ4n) is 3.66. The molecule has 1 aromatic heterocycles. The van der Waals surface area contributed by atoms with Crippen LogP contribution in [0.5, 0.6) is 0 Å². The summed E-state index contributed by atoms with van der Waals surface area (Å²) in [5.74, 6) is -1.22. The van der Waals surface area contributed by atoms with Crippen LogP contribution >= 0.6 is 0 Å². The molecule has 1 aliphatic heterocycles. The smallest absolute Gasteiger partial charge is 0.308 e. The van der Waals surface area contributed by atoms with Gasteiger partial charge in [0, 0.05) is 19.6 Å². The number of nitrogens with zero attached hydrogens (tertiary/aromatic N) is 4. The third-order valence-electron chi connectivity index (χ3n) is 5.40. The molecular formula is C22H27N5O3. The molecule has 1 saturated heterocycles. The maximum Gasteiger partial charge on any atom is 0.308 e. The lowest BCUT2D eigenvalue weighted by atomic mass is 9.96. The fraction of sp³-hybridized carbons (Fsp3) is 0.500. The first-order valence-corrected chi connectivity index (χ1v) is 10.4. The molecule has 2 heterocycles. The molecule has 0 aliphatic carbocycles. The number of rotatable bonds is 7. The van der Waals surface area contributed by atoms with E-state index >= 15 is 0 Å². The summed E-state index contributed by atoms with van der Waals surface area (Å²) in [5, 5.41) is 12.6. The second kappa shape index (κ2) is 10.0. The van der Waals surface area contributed by atoms with Crippen LogP contribution in [-0.4, -0.2) is 48.6 Å². The molecular weight excluding hydrogens is 382 g/mol. The van der Waals surface area contributed by atoms with Crippen molar-refractivity contribution in [3.8, 4) is 6.07 Å². The molecule has 1 aromatic carbocycles. The number of nitriles is 1. The summed E-state index contributed by atoms with van der Waals surface area (Å²) in [4.78, 5) is 36.0. The van der Waals surface area contributed by atoms with Crippen molar-refractivity contribution in [1.29, 1.82) is 5.26 Å². The molecule has 1 N–H and O–H groups in total. The lowest BCUT2D eigenvalue weighted by Gasteiger charge is -2.33. The predicted molar refractivity (Wildman–Crippen MR) is 113 cm³/mol. The number of hydrogen-bond acceptors (Lipinski definition) is 7. The minimum absolute atomic E-state index is 0.146. The summed E-state index contributed by atoms with van der Waals surface area (Å²) in [5.41, 5.74) is 1.71. The first kappa shape index (κ1) is 21.5. The average molecular weight is 409 g/mol. The van der Waals surface area contributed by atoms with Gasteiger partial charge in [0.05, 0.1) is 30.1 Å². The molecule has 1 fully saturated rings. The van der Waals surface area contributed by atoms with Crippen LogP contribution in [0, 0.1) is 17.2 Å². The number of aromatic nitrogens is 2. The van der Waals surface area contributed by atoms with Crippen molar-refractivity contribution in [2.45, 2.75) is 38.5 Å². The molecule has 0 radical (unpaired) electrons. The third-order valence-corrected chi connectivity index (χ3v) is 5.40. The van der Waals surface area contributed by atoms with E-state index in [1.165, 1.54) is 7.11 Å². The van der Waals surface area contributed by atoms with Gasteiger partial charge in [0.15, 0.2) is 11.7 Å². The number of nitrogens with one attached hydrogen (secondary N) is 1. The van der Waals surface area contributed by atoms with Gasteiger partial charge < -0.3 is 15.0 Å². The van der Waals surface area contributed by atoms with Crippen molar-refractivity contribution in [3.63, 3.8) is 0 Å². The minimum Gasteiger partial charge on any atom is -0.469 e. The van der Waals surface area contributed by atoms with Crippen LogP contribution in [0.2, 0.25) is 0 Å². The SMILES string of the molecule is CCCCNC(=O)C(C#N)c1nc2ccccc2nc1N1CCC(C(=O)OC)CC1. The molecule has 1 amide bonds. The molecule has 0 spiro atoms. The lowest BCUT2D eigenvalue weighted by molar-refractivity contribution is -0.146. The highest BCUT2D eigenvalue weighted by molar-refractivity contribution is 5.88. The van der Waals surface area contributed by atoms with E-state index in [0.29, 0.717) is 55.0 Å². The van der Waals surface area contributed by atoms with Crippen LogP contribution in [0.25, 0.3) is 11.0 Å². The second-order valence-corrected chi connectivity index (χ2v) is 7.41. The van der Waals surface area contributed by atoms with Crippen LogP contribution < -0.4 is 10.2 Å². The van der Waals surface area contributed by atoms with Crippen LogP contribution in [-0.2, 0) is 14.3 Å². The van der Waals surface area contributed by atoms with Gasteiger partial charge in [-0.2, -0.15) is 5.26 Å². The van der Waals surface area contributed by atoms with E-state index in [2.05, 4.69) is 16.4 Å². The Labute approximate surface area is 176 Å². The van der Waals surface area contributed by atoms with E-state index in [1.54, 1.807) is 0 Å². The molecule has 0 bridgehead atoms. The molecule has 8 heteroatoms. The Morgan fingerprint density at radius 1 is 1.27 bits per heavy atom. The number of fused-ring (bicyclic) bond motifs is 1. The summed E-state index contributed by atoms with van der Waals surface area (Å²) in [6, 6.07) is 9.52. The van der Waals surface area contributed by atoms with Crippen molar-refractivity contribution < 1.29 is 14.3 Å². The number of ether oxygens (including phenoxy) is 1. The van der Waals surface area contributed by atoms with Crippen molar-refractivity contribution in [3.05, 3.63) is 30.0 Å². The van der Waals surface area contributed by atoms with Crippen LogP contribution in [0.3, 0.4) is 0 Å². The number of hydrogen-bond donors (Lipinski definition) is 1. The fourth-order valence-corrected chi connectivity index (χ4v) is 3.66. The normalized spacial score (nSPS) is 15.4. The number of methoxy groups -OCH3 is 1. The number of para-hydroxylation sites is 2. The van der Waals surface area contributed by atoms with E-state index in [0.717, 1.165) is 12.8 Å². The van der Waals surface area contributed by atoms with Gasteiger partial charge >= 0.3 is 5.97 Å². The standard InChI is InChI=1S/C22H27N5O3/c1-3-4-11-24-21(28)16(14-23)19-20(26-18-8-6-5-7-17(18)25-19)27-12-9-15(10-13-27)22(29)30-2/h5-8,15-16H,3-4,9-13H2,1-2H3,(H,24,28). The predicted octanol–water partition coefficient (Wildman–Crippen LogP) is 2.54. The zero-order chi connectivity index (χ0) is 21.5. The zero-order valence-corrected chi connectivity index (χ0v) is 17.4. The quantitative estimate of drug-likeness (QED) is 0.553. The molecule has 0 saturated carbocycles. The molecule has 158 valence electrons. The van der Waals surface area contributed by atoms with Crippen molar-refractivity contribution in [2.24, 2.45) is 5.92 Å². The molecule has 3 rings (SSSR count). The molecule has 2 aromatic rings. The van der Waals surface area contributed by atoms with Crippen LogP contribution in [0.4, 0.5) is 5.82 Å². The average Bonchev–Trinajstić information content (AvgIpc) is 2.79. The van der Waals surface area contributed by atoms with Gasteiger partial charge in [-0.25, -0.2) is 9.97 Å². The number of carbonyl (C=O) groups is 2. The van der Waals surface area contributed by atoms with E-state index in [9.17, 15) is 14.9 Å². The first-order chi connectivity index (χ1) is 14.6. The summed E-state index contributed by atoms with van der Waals surface area (Å²) < 4.78 is 4.86. The van der Waals surface area contributed by atoms with E-state index in [4.69, 9.17) is 9.72 Å². The lowest BCUT2D eigenvalue weighted by Crippen LogP contribution is -2.39. The van der Waals surface area contributed by atoms with E-state index in [1.807, 2.05) is 36.1 Å². The molecule has 1 atom stereocenters. The highest BCUT2D eigenvalue weighted by atomic mass is 16.5. The van der Waals surface area contributed by atoms with Gasteiger partial charge in [-0.15, -0.1) is 0 Å². The number of anilines is 1. The zero-order valence-electron chi connectivity index (χ0n) is 17.4. The van der Waals surface area contributed by atoms with Crippen molar-refractivity contribution in [2.75, 3.05) is 31.6 Å². The number of benzene rings is 1. The Morgan fingerprint density at radius 2 is 1.93 bits per heavy atom. The summed E-state index contributed by atoms with van der Waals surface area (Å²) in [7, 11) is 1.40. The third kappa shape index (κ3) is 4.67. The van der Waals surface area contributed by atoms with Gasteiger partial charge in [-0.3, -0.25) is 9.59 Å². The van der Waals surface area contributed by atoms with Gasteiger partial charge in [0.2, 0.25) is 5.91 Å². The molecule has 8 nitrogen and oxygen atoms in total. The highest BCUT2D eigenvalue weighted by Gasteiger charge is 2.32. The molecule has 1 unspecified atom stereocenters. The topological polar surface area (TPSA) is 108 Å². The summed E-state index contributed by atoms with van der Waals surface area (Å²) >= 11 is 0. The number of amides is 1. The van der Waals surface area contributed by atoms with Crippen LogP contribution in [0.1, 0.15) is 44.2 Å². The van der Waals surface area contributed by atoms with Crippen molar-refractivity contribution >= 4 is 28.7 Å². The van der Waals surface area contributed by atoms with E-state index < -0.39 is 5.92 Å². The maximum atomic E-state index is 12.7. The Hall–Kier alpha value is -3.21. The van der Waals surface area contributed by atoms with Gasteiger partial charge in [-0.1, -0.05) is 25.5 Å². The van der Waals surface area contributed by atoms with Gasteiger partial charge in [-0.05, 0) is 31.4 Å². The Kier molecular flexibility index (Phi) is 7.17. The van der Waals surface area contributed by atoms with Crippen LogP contribution in [0.15, 0.2) is 24.3 Å². The van der Waals surface area contributed by atoms with Gasteiger partial charge in [0.1, 0.15) is 5.69 Å². The highest BCUT2D eigenvalue weighted by Crippen LogP contribution is 2.30. The second-order valence-electron chi connectivity index (χ2n) is 7.41. The minimum atomic E-state index is -1.05. The Balaban J connectivity index is 1.93. The number of piperidine rings is 1. The number of unbranched alkanes of at least 4 members (excludes halogenated alkanes) is 1. The number of carbonyl (C=O) groups excluding carboxylic acids is 2. The van der Waals surface area contributed by atoms with Gasteiger partial charge in [0.25, 0.3) is 0 Å². The Bertz CT molecular complexity index is 947. The summed E-state index contributed by atoms with van der Waals surface area (Å²) in [6.45, 7) is 3.72.